The molecule has 174 valence electrons. The molecule has 2 heterocycles. The second kappa shape index (κ2) is 8.56. The van der Waals surface area contributed by atoms with E-state index in [0.29, 0.717) is 34.1 Å². The normalized spacial score (nSPS) is 11.5. The van der Waals surface area contributed by atoms with Crippen LogP contribution in [-0.4, -0.2) is 32.6 Å². The van der Waals surface area contributed by atoms with Gasteiger partial charge in [-0.1, -0.05) is 12.1 Å². The monoisotopic (exact) mass is 474 g/mol. The van der Waals surface area contributed by atoms with Gasteiger partial charge in [0.1, 0.15) is 17.1 Å². The maximum atomic E-state index is 14.4. The number of methoxy groups -OCH3 is 1. The summed E-state index contributed by atoms with van der Waals surface area (Å²) in [5.41, 5.74) is 1.000. The van der Waals surface area contributed by atoms with Crippen LogP contribution in [0.25, 0.3) is 45.6 Å². The van der Waals surface area contributed by atoms with E-state index in [0.717, 1.165) is 24.3 Å². The summed E-state index contributed by atoms with van der Waals surface area (Å²) in [6, 6.07) is 9.45. The van der Waals surface area contributed by atoms with Gasteiger partial charge in [0.2, 0.25) is 5.43 Å². The molecular formula is C25H16F2N4O4. The molecule has 3 aromatic rings. The highest BCUT2D eigenvalue weighted by atomic mass is 19.1. The fraction of sp³-hybridized carbons (Fsp3) is 0.0800. The first-order chi connectivity index (χ1) is 16.8. The van der Waals surface area contributed by atoms with E-state index in [9.17, 15) is 18.7 Å². The van der Waals surface area contributed by atoms with Crippen LogP contribution in [0.1, 0.15) is 17.2 Å². The van der Waals surface area contributed by atoms with Gasteiger partial charge in [-0.05, 0) is 42.8 Å². The first kappa shape index (κ1) is 22.1. The number of aromatic hydroxyl groups is 1. The number of aryl methyl sites for hydroxylation is 1. The van der Waals surface area contributed by atoms with E-state index in [1.165, 1.54) is 7.11 Å². The number of phenols is 1. The number of rotatable bonds is 4. The average Bonchev–Trinajstić information content (AvgIpc) is 2.84. The fourth-order valence-corrected chi connectivity index (χ4v) is 3.74. The highest BCUT2D eigenvalue weighted by molar-refractivity contribution is 6.03. The maximum absolute atomic E-state index is 14.4. The van der Waals surface area contributed by atoms with E-state index in [1.54, 1.807) is 37.3 Å². The predicted octanol–water partition coefficient (Wildman–Crippen LogP) is 4.62. The number of fused-ring (bicyclic) bond motifs is 2. The molecule has 0 saturated carbocycles. The Kier molecular flexibility index (Phi) is 5.40. The summed E-state index contributed by atoms with van der Waals surface area (Å²) in [6.07, 6.45) is 3.33. The van der Waals surface area contributed by atoms with Crippen LogP contribution >= 0.6 is 0 Å². The number of aromatic nitrogens is 4. The van der Waals surface area contributed by atoms with E-state index in [1.807, 2.05) is 0 Å². The van der Waals surface area contributed by atoms with Crippen molar-refractivity contribution in [3.63, 3.8) is 0 Å². The molecule has 0 fully saturated rings. The van der Waals surface area contributed by atoms with Crippen LogP contribution in [0.2, 0.25) is 0 Å². The Morgan fingerprint density at radius 2 is 1.71 bits per heavy atom. The molecule has 1 aliphatic carbocycles. The number of hydrogen-bond acceptors (Lipinski definition) is 8. The minimum atomic E-state index is -0.987. The van der Waals surface area contributed by atoms with Gasteiger partial charge in [-0.2, -0.15) is 0 Å². The Bertz CT molecular complexity index is 1650. The molecule has 0 unspecified atom stereocenters. The molecule has 0 radical (unpaired) electrons. The van der Waals surface area contributed by atoms with Crippen molar-refractivity contribution in [2.24, 2.45) is 0 Å². The first-order valence-corrected chi connectivity index (χ1v) is 10.3. The minimum absolute atomic E-state index is 0.0677. The molecule has 35 heavy (non-hydrogen) atoms. The highest BCUT2D eigenvalue weighted by Crippen LogP contribution is 2.45. The Hall–Kier alpha value is -4.73. The quantitative estimate of drug-likeness (QED) is 0.376. The largest absolute Gasteiger partial charge is 0.505 e. The van der Waals surface area contributed by atoms with Crippen molar-refractivity contribution in [3.8, 4) is 33.9 Å². The van der Waals surface area contributed by atoms with Gasteiger partial charge >= 0.3 is 0 Å². The van der Waals surface area contributed by atoms with Crippen molar-refractivity contribution >= 4 is 23.1 Å². The van der Waals surface area contributed by atoms with Crippen LogP contribution < -0.4 is 10.2 Å². The van der Waals surface area contributed by atoms with E-state index in [2.05, 4.69) is 20.4 Å². The summed E-state index contributed by atoms with van der Waals surface area (Å²) >= 11 is 0. The van der Waals surface area contributed by atoms with Crippen molar-refractivity contribution < 1.29 is 23.0 Å². The second-order valence-electron chi connectivity index (χ2n) is 7.65. The van der Waals surface area contributed by atoms with Gasteiger partial charge in [-0.25, -0.2) is 8.78 Å². The molecule has 0 atom stereocenters. The molecule has 5 rings (SSSR count). The molecule has 0 saturated heterocycles. The smallest absolute Gasteiger partial charge is 0.217 e. The Morgan fingerprint density at radius 1 is 0.943 bits per heavy atom. The molecule has 10 heteroatoms. The number of phenolic OH excluding ortho intramolecular Hbond substituents is 1. The SMILES string of the molecule is COc1ccc(/C=C/c2nnc(C)nn2)cc1-c1c2cc(F)c(=O)cc-2oc2cc(O)c(F)cc12. The molecule has 1 N–H and O–H groups in total. The van der Waals surface area contributed by atoms with Crippen molar-refractivity contribution in [2.75, 3.05) is 7.11 Å². The number of benzene rings is 3. The summed E-state index contributed by atoms with van der Waals surface area (Å²) < 4.78 is 40.0. The molecule has 1 aliphatic heterocycles. The lowest BCUT2D eigenvalue weighted by Gasteiger charge is -2.18. The summed E-state index contributed by atoms with van der Waals surface area (Å²) in [5, 5.41) is 25.7. The Labute approximate surface area is 196 Å². The van der Waals surface area contributed by atoms with Crippen LogP contribution in [-0.2, 0) is 0 Å². The number of halogens is 2. The van der Waals surface area contributed by atoms with Gasteiger partial charge in [0.15, 0.2) is 29.0 Å². The topological polar surface area (TPSA) is 111 Å². The molecule has 0 amide bonds. The van der Waals surface area contributed by atoms with E-state index in [-0.39, 0.29) is 22.3 Å². The highest BCUT2D eigenvalue weighted by Gasteiger charge is 2.23. The van der Waals surface area contributed by atoms with Gasteiger partial charge in [-0.15, -0.1) is 20.4 Å². The van der Waals surface area contributed by atoms with Crippen LogP contribution in [0.4, 0.5) is 8.78 Å². The van der Waals surface area contributed by atoms with Gasteiger partial charge < -0.3 is 14.3 Å². The third-order valence-electron chi connectivity index (χ3n) is 5.35. The second-order valence-corrected chi connectivity index (χ2v) is 7.65. The summed E-state index contributed by atoms with van der Waals surface area (Å²) in [5.74, 6) is -1.29. The Balaban J connectivity index is 1.79. The van der Waals surface area contributed by atoms with Crippen LogP contribution in [0.3, 0.4) is 0 Å². The third kappa shape index (κ3) is 4.05. The molecule has 0 spiro atoms. The molecule has 1 aromatic heterocycles. The zero-order chi connectivity index (χ0) is 24.7. The lowest BCUT2D eigenvalue weighted by atomic mass is 9.91. The van der Waals surface area contributed by atoms with Crippen molar-refractivity contribution in [2.45, 2.75) is 6.92 Å². The van der Waals surface area contributed by atoms with Crippen molar-refractivity contribution in [1.29, 1.82) is 0 Å². The van der Waals surface area contributed by atoms with Crippen LogP contribution in [0.15, 0.2) is 51.7 Å². The lowest BCUT2D eigenvalue weighted by molar-refractivity contribution is 0.416. The standard InChI is InChI=1S/C25H16F2N4O4/c1-12-28-30-24(31-29-12)6-4-13-3-5-21(34-2)14(7-13)25-15-8-17(26)19(32)10-22(15)35-23-11-20(33)18(27)9-16(23)25/h3-11,32H,1-2H3/b6-4+. The van der Waals surface area contributed by atoms with Gasteiger partial charge in [0, 0.05) is 34.2 Å². The van der Waals surface area contributed by atoms with Gasteiger partial charge in [0.05, 0.1) is 7.11 Å². The lowest BCUT2D eigenvalue weighted by Crippen LogP contribution is -2.07. The van der Waals surface area contributed by atoms with Crippen molar-refractivity contribution in [3.05, 3.63) is 81.5 Å². The predicted molar refractivity (Wildman–Crippen MR) is 124 cm³/mol. The zero-order valence-electron chi connectivity index (χ0n) is 18.4. The summed E-state index contributed by atoms with van der Waals surface area (Å²) in [4.78, 5) is 12.0. The van der Waals surface area contributed by atoms with E-state index < -0.39 is 22.8 Å². The average molecular weight is 474 g/mol. The fourth-order valence-electron chi connectivity index (χ4n) is 3.74. The molecule has 0 bridgehead atoms. The van der Waals surface area contributed by atoms with Crippen molar-refractivity contribution in [1.82, 2.24) is 20.4 Å². The third-order valence-corrected chi connectivity index (χ3v) is 5.35. The summed E-state index contributed by atoms with van der Waals surface area (Å²) in [6.45, 7) is 1.67. The van der Waals surface area contributed by atoms with Gasteiger partial charge in [0.25, 0.3) is 0 Å². The number of hydrogen-bond donors (Lipinski definition) is 1. The number of nitrogens with zero attached hydrogens (tertiary/aromatic N) is 4. The molecule has 8 nitrogen and oxygen atoms in total. The van der Waals surface area contributed by atoms with Gasteiger partial charge in [-0.3, -0.25) is 4.79 Å². The maximum Gasteiger partial charge on any atom is 0.217 e. The van der Waals surface area contributed by atoms with Crippen LogP contribution in [0, 0.1) is 18.6 Å². The molecule has 2 aliphatic rings. The van der Waals surface area contributed by atoms with E-state index >= 15 is 0 Å². The first-order valence-electron chi connectivity index (χ1n) is 10.3. The molecular weight excluding hydrogens is 458 g/mol. The minimum Gasteiger partial charge on any atom is -0.505 e. The Morgan fingerprint density at radius 3 is 2.46 bits per heavy atom. The molecule has 2 aromatic carbocycles. The zero-order valence-corrected chi connectivity index (χ0v) is 18.4. The summed E-state index contributed by atoms with van der Waals surface area (Å²) in [7, 11) is 1.46. The van der Waals surface area contributed by atoms with E-state index in [4.69, 9.17) is 9.15 Å². The number of ether oxygens (including phenoxy) is 1. The van der Waals surface area contributed by atoms with Crippen LogP contribution in [0.5, 0.6) is 11.5 Å².